The van der Waals surface area contributed by atoms with Crippen LogP contribution in [0.25, 0.3) is 0 Å². The molecule has 0 spiro atoms. The molecule has 0 saturated carbocycles. The molecule has 1 N–H and O–H groups in total. The first kappa shape index (κ1) is 15.2. The van der Waals surface area contributed by atoms with E-state index in [1.165, 1.54) is 5.56 Å². The molecule has 0 radical (unpaired) electrons. The van der Waals surface area contributed by atoms with Crippen LogP contribution in [0.15, 0.2) is 48.5 Å². The van der Waals surface area contributed by atoms with Crippen LogP contribution in [0.4, 0.5) is 5.69 Å². The topological polar surface area (TPSA) is 12.0 Å². The van der Waals surface area contributed by atoms with Crippen molar-refractivity contribution in [1.29, 1.82) is 0 Å². The smallest absolute Gasteiger partial charge is 0.0441 e. The average molecular weight is 308 g/mol. The predicted octanol–water partition coefficient (Wildman–Crippen LogP) is 5.85. The minimum Gasteiger partial charge on any atom is -0.384 e. The molecule has 0 heterocycles. The monoisotopic (exact) mass is 307 g/mol. The van der Waals surface area contributed by atoms with E-state index in [0.29, 0.717) is 21.9 Å². The standard InChI is InChI=1S/C17H19Cl2N/c1-12(2)17(13-6-4-3-5-7-13)11-20-16-9-14(18)8-15(19)10-16/h3-10,12,17,20H,11H2,1-2H3. The Hall–Kier alpha value is -1.18. The van der Waals surface area contributed by atoms with Crippen molar-refractivity contribution < 1.29 is 0 Å². The highest BCUT2D eigenvalue weighted by molar-refractivity contribution is 6.35. The second-order valence-corrected chi connectivity index (χ2v) is 6.17. The van der Waals surface area contributed by atoms with Gasteiger partial charge in [-0.05, 0) is 29.7 Å². The molecule has 0 amide bonds. The normalized spacial score (nSPS) is 12.4. The molecular weight excluding hydrogens is 289 g/mol. The van der Waals surface area contributed by atoms with E-state index in [2.05, 4.69) is 43.4 Å². The van der Waals surface area contributed by atoms with Crippen molar-refractivity contribution in [3.63, 3.8) is 0 Å². The summed E-state index contributed by atoms with van der Waals surface area (Å²) in [7, 11) is 0. The van der Waals surface area contributed by atoms with Crippen LogP contribution in [0.1, 0.15) is 25.3 Å². The molecular formula is C17H19Cl2N. The van der Waals surface area contributed by atoms with Crippen LogP contribution in [0.5, 0.6) is 0 Å². The van der Waals surface area contributed by atoms with Crippen molar-refractivity contribution in [1.82, 2.24) is 0 Å². The highest BCUT2D eigenvalue weighted by atomic mass is 35.5. The van der Waals surface area contributed by atoms with E-state index < -0.39 is 0 Å². The van der Waals surface area contributed by atoms with Crippen molar-refractivity contribution in [2.75, 3.05) is 11.9 Å². The molecule has 3 heteroatoms. The van der Waals surface area contributed by atoms with E-state index in [4.69, 9.17) is 23.2 Å². The second-order valence-electron chi connectivity index (χ2n) is 5.30. The van der Waals surface area contributed by atoms with E-state index in [1.54, 1.807) is 6.07 Å². The van der Waals surface area contributed by atoms with Crippen LogP contribution >= 0.6 is 23.2 Å². The van der Waals surface area contributed by atoms with Crippen molar-refractivity contribution in [3.05, 3.63) is 64.1 Å². The van der Waals surface area contributed by atoms with Gasteiger partial charge < -0.3 is 5.32 Å². The van der Waals surface area contributed by atoms with Gasteiger partial charge in [-0.2, -0.15) is 0 Å². The zero-order chi connectivity index (χ0) is 14.5. The largest absolute Gasteiger partial charge is 0.384 e. The molecule has 0 fully saturated rings. The third-order valence-electron chi connectivity index (χ3n) is 3.42. The number of hydrogen-bond acceptors (Lipinski definition) is 1. The number of nitrogens with one attached hydrogen (secondary N) is 1. The predicted molar refractivity (Wildman–Crippen MR) is 89.0 cm³/mol. The molecule has 1 unspecified atom stereocenters. The number of halogens is 2. The maximum Gasteiger partial charge on any atom is 0.0441 e. The molecule has 20 heavy (non-hydrogen) atoms. The van der Waals surface area contributed by atoms with E-state index in [9.17, 15) is 0 Å². The highest BCUT2D eigenvalue weighted by Crippen LogP contribution is 2.27. The zero-order valence-corrected chi connectivity index (χ0v) is 13.2. The van der Waals surface area contributed by atoms with Gasteiger partial charge in [0.2, 0.25) is 0 Å². The molecule has 106 valence electrons. The summed E-state index contributed by atoms with van der Waals surface area (Å²) >= 11 is 12.0. The van der Waals surface area contributed by atoms with Crippen molar-refractivity contribution in [2.24, 2.45) is 5.92 Å². The lowest BCUT2D eigenvalue weighted by Gasteiger charge is -2.22. The summed E-state index contributed by atoms with van der Waals surface area (Å²) in [6.45, 7) is 5.34. The third-order valence-corrected chi connectivity index (χ3v) is 3.86. The Morgan fingerprint density at radius 3 is 2.10 bits per heavy atom. The van der Waals surface area contributed by atoms with Gasteiger partial charge in [-0.3, -0.25) is 0 Å². The van der Waals surface area contributed by atoms with Gasteiger partial charge in [0, 0.05) is 28.2 Å². The first-order valence-corrected chi connectivity index (χ1v) is 7.57. The van der Waals surface area contributed by atoms with Gasteiger partial charge in [0.15, 0.2) is 0 Å². The Morgan fingerprint density at radius 2 is 1.55 bits per heavy atom. The molecule has 2 aromatic carbocycles. The van der Waals surface area contributed by atoms with E-state index in [1.807, 2.05) is 18.2 Å². The molecule has 0 aliphatic heterocycles. The summed E-state index contributed by atoms with van der Waals surface area (Å²) < 4.78 is 0. The molecule has 0 aliphatic rings. The lowest BCUT2D eigenvalue weighted by molar-refractivity contribution is 0.517. The maximum atomic E-state index is 6.02. The minimum atomic E-state index is 0.453. The molecule has 1 nitrogen and oxygen atoms in total. The number of benzene rings is 2. The molecule has 0 aromatic heterocycles. The number of hydrogen-bond donors (Lipinski definition) is 1. The van der Waals surface area contributed by atoms with Gasteiger partial charge >= 0.3 is 0 Å². The van der Waals surface area contributed by atoms with Crippen molar-refractivity contribution in [2.45, 2.75) is 19.8 Å². The SMILES string of the molecule is CC(C)C(CNc1cc(Cl)cc(Cl)c1)c1ccccc1. The fourth-order valence-corrected chi connectivity index (χ4v) is 2.85. The Morgan fingerprint density at radius 1 is 0.950 bits per heavy atom. The Balaban J connectivity index is 2.10. The lowest BCUT2D eigenvalue weighted by Crippen LogP contribution is -2.17. The fraction of sp³-hybridized carbons (Fsp3) is 0.294. The van der Waals surface area contributed by atoms with E-state index >= 15 is 0 Å². The Labute approximate surface area is 130 Å². The highest BCUT2D eigenvalue weighted by Gasteiger charge is 2.15. The van der Waals surface area contributed by atoms with Gasteiger partial charge in [-0.1, -0.05) is 67.4 Å². The first-order valence-electron chi connectivity index (χ1n) is 6.81. The third kappa shape index (κ3) is 4.16. The second kappa shape index (κ2) is 7.01. The Bertz CT molecular complexity index is 532. The molecule has 2 aromatic rings. The summed E-state index contributed by atoms with van der Waals surface area (Å²) in [5.41, 5.74) is 2.31. The lowest BCUT2D eigenvalue weighted by atomic mass is 9.88. The van der Waals surface area contributed by atoms with Crippen molar-refractivity contribution >= 4 is 28.9 Å². The molecule has 1 atom stereocenters. The van der Waals surface area contributed by atoms with Crippen LogP contribution in [-0.4, -0.2) is 6.54 Å². The van der Waals surface area contributed by atoms with Crippen LogP contribution in [-0.2, 0) is 0 Å². The first-order chi connectivity index (χ1) is 9.56. The quantitative estimate of drug-likeness (QED) is 0.731. The molecule has 0 saturated heterocycles. The van der Waals surface area contributed by atoms with Gasteiger partial charge in [-0.25, -0.2) is 0 Å². The minimum absolute atomic E-state index is 0.453. The van der Waals surface area contributed by atoms with Crippen LogP contribution in [0.2, 0.25) is 10.0 Å². The Kier molecular flexibility index (Phi) is 5.33. The summed E-state index contributed by atoms with van der Waals surface area (Å²) in [5, 5.41) is 4.74. The molecule has 2 rings (SSSR count). The number of anilines is 1. The average Bonchev–Trinajstić information content (AvgIpc) is 2.38. The van der Waals surface area contributed by atoms with E-state index in [-0.39, 0.29) is 0 Å². The summed E-state index contributed by atoms with van der Waals surface area (Å²) in [4.78, 5) is 0. The van der Waals surface area contributed by atoms with Crippen molar-refractivity contribution in [3.8, 4) is 0 Å². The summed E-state index contributed by atoms with van der Waals surface area (Å²) in [6, 6.07) is 16.1. The van der Waals surface area contributed by atoms with Gasteiger partial charge in [0.25, 0.3) is 0 Å². The fourth-order valence-electron chi connectivity index (χ4n) is 2.32. The maximum absolute atomic E-state index is 6.02. The van der Waals surface area contributed by atoms with Gasteiger partial charge in [0.1, 0.15) is 0 Å². The van der Waals surface area contributed by atoms with E-state index in [0.717, 1.165) is 12.2 Å². The van der Waals surface area contributed by atoms with Crippen LogP contribution < -0.4 is 5.32 Å². The summed E-state index contributed by atoms with van der Waals surface area (Å²) in [5.74, 6) is 1.01. The summed E-state index contributed by atoms with van der Waals surface area (Å²) in [6.07, 6.45) is 0. The zero-order valence-electron chi connectivity index (χ0n) is 11.7. The number of rotatable bonds is 5. The molecule has 0 bridgehead atoms. The van der Waals surface area contributed by atoms with Crippen LogP contribution in [0, 0.1) is 5.92 Å². The molecule has 0 aliphatic carbocycles. The van der Waals surface area contributed by atoms with Crippen LogP contribution in [0.3, 0.4) is 0 Å². The van der Waals surface area contributed by atoms with Gasteiger partial charge in [0.05, 0.1) is 0 Å². The van der Waals surface area contributed by atoms with Gasteiger partial charge in [-0.15, -0.1) is 0 Å².